The van der Waals surface area contributed by atoms with Gasteiger partial charge < -0.3 is 20.5 Å². The van der Waals surface area contributed by atoms with Gasteiger partial charge in [-0.15, -0.1) is 0 Å². The van der Waals surface area contributed by atoms with Crippen LogP contribution in [0.2, 0.25) is 0 Å². The average Bonchev–Trinajstić information content (AvgIpc) is 2.90. The van der Waals surface area contributed by atoms with Crippen molar-refractivity contribution in [3.05, 3.63) is 95.6 Å². The standard InChI is InChI=1S/C31H36N2O5/c1-31(2,3)28(34)17-18-32-19-20-38-24-15-13-22(14-16-24)21-27(30(36)37)33-26-12-8-7-11-25(26)29(35)23-9-5-4-6-10-23/h4-16,27,32-33H,17-21H2,1-3H3,(H,36,37)/t27-/m0/s1. The van der Waals surface area contributed by atoms with E-state index < -0.39 is 12.0 Å². The summed E-state index contributed by atoms with van der Waals surface area (Å²) in [4.78, 5) is 37.0. The number of ether oxygens (including phenoxy) is 1. The van der Waals surface area contributed by atoms with Gasteiger partial charge in [-0.2, -0.15) is 0 Å². The highest BCUT2D eigenvalue weighted by Gasteiger charge is 2.22. The summed E-state index contributed by atoms with van der Waals surface area (Å²) < 4.78 is 5.75. The van der Waals surface area contributed by atoms with Crippen LogP contribution in [0.5, 0.6) is 5.75 Å². The van der Waals surface area contributed by atoms with Crippen LogP contribution in [0, 0.1) is 5.41 Å². The second kappa shape index (κ2) is 13.5. The molecule has 0 heterocycles. The number of hydrogen-bond acceptors (Lipinski definition) is 6. The van der Waals surface area contributed by atoms with E-state index in [4.69, 9.17) is 4.74 Å². The van der Waals surface area contributed by atoms with E-state index in [1.807, 2.05) is 51.1 Å². The fourth-order valence-electron chi connectivity index (χ4n) is 3.84. The van der Waals surface area contributed by atoms with Crippen LogP contribution < -0.4 is 15.4 Å². The van der Waals surface area contributed by atoms with Gasteiger partial charge in [0.05, 0.1) is 0 Å². The maximum absolute atomic E-state index is 13.0. The number of carbonyl (C=O) groups is 3. The minimum atomic E-state index is -1.01. The lowest BCUT2D eigenvalue weighted by Crippen LogP contribution is -2.32. The van der Waals surface area contributed by atoms with E-state index >= 15 is 0 Å². The SMILES string of the molecule is CC(C)(C)C(=O)CCNCCOc1ccc(C[C@H](Nc2ccccc2C(=O)c2ccccc2)C(=O)O)cc1. The zero-order valence-corrected chi connectivity index (χ0v) is 22.2. The lowest BCUT2D eigenvalue weighted by Gasteiger charge is -2.18. The normalized spacial score (nSPS) is 12.0. The van der Waals surface area contributed by atoms with E-state index in [0.717, 1.165) is 5.56 Å². The van der Waals surface area contributed by atoms with Crippen LogP contribution in [-0.2, 0) is 16.0 Å². The van der Waals surface area contributed by atoms with Crippen molar-refractivity contribution in [1.82, 2.24) is 5.32 Å². The van der Waals surface area contributed by atoms with E-state index in [2.05, 4.69) is 10.6 Å². The highest BCUT2D eigenvalue weighted by Crippen LogP contribution is 2.22. The minimum Gasteiger partial charge on any atom is -0.492 e. The Morgan fingerprint density at radius 2 is 1.53 bits per heavy atom. The van der Waals surface area contributed by atoms with Crippen molar-refractivity contribution in [3.8, 4) is 5.75 Å². The molecule has 0 amide bonds. The van der Waals surface area contributed by atoms with Crippen LogP contribution in [-0.4, -0.2) is 48.4 Å². The summed E-state index contributed by atoms with van der Waals surface area (Å²) in [5, 5.41) is 16.1. The van der Waals surface area contributed by atoms with Crippen LogP contribution >= 0.6 is 0 Å². The first-order valence-electron chi connectivity index (χ1n) is 12.8. The van der Waals surface area contributed by atoms with Crippen LogP contribution in [0.15, 0.2) is 78.9 Å². The molecule has 0 unspecified atom stereocenters. The molecular formula is C31H36N2O5. The highest BCUT2D eigenvalue weighted by atomic mass is 16.5. The average molecular weight is 517 g/mol. The highest BCUT2D eigenvalue weighted by molar-refractivity contribution is 6.12. The number of aliphatic carboxylic acids is 1. The molecule has 0 aliphatic rings. The monoisotopic (exact) mass is 516 g/mol. The first-order valence-corrected chi connectivity index (χ1v) is 12.8. The molecule has 3 aromatic rings. The largest absolute Gasteiger partial charge is 0.492 e. The number of carboxylic acids is 1. The Balaban J connectivity index is 1.54. The molecule has 3 N–H and O–H groups in total. The van der Waals surface area contributed by atoms with Gasteiger partial charge in [0.15, 0.2) is 5.78 Å². The van der Waals surface area contributed by atoms with E-state index in [0.29, 0.717) is 48.7 Å². The molecule has 0 saturated carbocycles. The van der Waals surface area contributed by atoms with E-state index in [9.17, 15) is 19.5 Å². The smallest absolute Gasteiger partial charge is 0.326 e. The number of para-hydroxylation sites is 1. The lowest BCUT2D eigenvalue weighted by atomic mass is 9.89. The molecule has 7 nitrogen and oxygen atoms in total. The number of rotatable bonds is 14. The van der Waals surface area contributed by atoms with Crippen LogP contribution in [0.1, 0.15) is 48.7 Å². The molecule has 0 aliphatic carbocycles. The number of anilines is 1. The summed E-state index contributed by atoms with van der Waals surface area (Å²) in [5.74, 6) is -0.278. The summed E-state index contributed by atoms with van der Waals surface area (Å²) in [6.45, 7) is 7.44. The Bertz CT molecular complexity index is 1220. The Morgan fingerprint density at radius 3 is 2.18 bits per heavy atom. The quantitative estimate of drug-likeness (QED) is 0.205. The van der Waals surface area contributed by atoms with Gasteiger partial charge in [-0.05, 0) is 29.8 Å². The number of benzene rings is 3. The van der Waals surface area contributed by atoms with Gasteiger partial charge in [0.1, 0.15) is 24.2 Å². The van der Waals surface area contributed by atoms with Gasteiger partial charge >= 0.3 is 5.97 Å². The number of carboxylic acid groups (broad SMARTS) is 1. The molecule has 0 bridgehead atoms. The summed E-state index contributed by atoms with van der Waals surface area (Å²) in [5.41, 5.74) is 1.94. The predicted octanol–water partition coefficient (Wildman–Crippen LogP) is 5.00. The van der Waals surface area contributed by atoms with Crippen LogP contribution in [0.25, 0.3) is 0 Å². The Morgan fingerprint density at radius 1 is 0.868 bits per heavy atom. The van der Waals surface area contributed by atoms with Gasteiger partial charge in [-0.25, -0.2) is 4.79 Å². The third-order valence-corrected chi connectivity index (χ3v) is 6.11. The van der Waals surface area contributed by atoms with Crippen LogP contribution in [0.3, 0.4) is 0 Å². The molecule has 0 spiro atoms. The molecule has 0 radical (unpaired) electrons. The molecule has 38 heavy (non-hydrogen) atoms. The van der Waals surface area contributed by atoms with Crippen molar-refractivity contribution in [2.24, 2.45) is 5.41 Å². The molecule has 3 aromatic carbocycles. The topological polar surface area (TPSA) is 105 Å². The first-order chi connectivity index (χ1) is 18.1. The van der Waals surface area contributed by atoms with Crippen molar-refractivity contribution >= 4 is 23.2 Å². The number of Topliss-reactive ketones (excluding diaryl/α,β-unsaturated/α-hetero) is 1. The number of carbonyl (C=O) groups excluding carboxylic acids is 2. The Labute approximate surface area is 224 Å². The molecule has 0 fully saturated rings. The Hall–Kier alpha value is -3.97. The number of hydrogen-bond donors (Lipinski definition) is 3. The van der Waals surface area contributed by atoms with Crippen molar-refractivity contribution in [2.45, 2.75) is 39.7 Å². The van der Waals surface area contributed by atoms with Crippen molar-refractivity contribution in [2.75, 3.05) is 25.0 Å². The molecule has 0 saturated heterocycles. The first kappa shape index (κ1) is 28.6. The summed E-state index contributed by atoms with van der Waals surface area (Å²) in [6, 6.07) is 22.2. The van der Waals surface area contributed by atoms with E-state index in [-0.39, 0.29) is 23.4 Å². The molecule has 0 aromatic heterocycles. The molecule has 1 atom stereocenters. The van der Waals surface area contributed by atoms with Gasteiger partial charge in [0.25, 0.3) is 0 Å². The lowest BCUT2D eigenvalue weighted by molar-refractivity contribution is -0.137. The zero-order chi connectivity index (χ0) is 27.5. The van der Waals surface area contributed by atoms with Crippen molar-refractivity contribution < 1.29 is 24.2 Å². The molecule has 7 heteroatoms. The summed E-state index contributed by atoms with van der Waals surface area (Å²) in [6.07, 6.45) is 0.717. The maximum atomic E-state index is 13.0. The van der Waals surface area contributed by atoms with Gasteiger partial charge in [-0.3, -0.25) is 9.59 Å². The number of ketones is 2. The summed E-state index contributed by atoms with van der Waals surface area (Å²) in [7, 11) is 0. The molecular weight excluding hydrogens is 480 g/mol. The fraction of sp³-hybridized carbons (Fsp3) is 0.323. The van der Waals surface area contributed by atoms with Crippen molar-refractivity contribution in [3.63, 3.8) is 0 Å². The Kier molecular flexibility index (Phi) is 10.2. The molecule has 3 rings (SSSR count). The van der Waals surface area contributed by atoms with E-state index in [1.54, 1.807) is 48.5 Å². The second-order valence-electron chi connectivity index (χ2n) is 10.1. The number of nitrogens with one attached hydrogen (secondary N) is 2. The second-order valence-corrected chi connectivity index (χ2v) is 10.1. The minimum absolute atomic E-state index is 0.172. The zero-order valence-electron chi connectivity index (χ0n) is 22.2. The fourth-order valence-corrected chi connectivity index (χ4v) is 3.84. The molecule has 0 aliphatic heterocycles. The molecule has 200 valence electrons. The van der Waals surface area contributed by atoms with E-state index in [1.165, 1.54) is 0 Å². The third kappa shape index (κ3) is 8.56. The summed E-state index contributed by atoms with van der Waals surface area (Å²) >= 11 is 0. The third-order valence-electron chi connectivity index (χ3n) is 6.11. The van der Waals surface area contributed by atoms with Crippen LogP contribution in [0.4, 0.5) is 5.69 Å². The van der Waals surface area contributed by atoms with Gasteiger partial charge in [0, 0.05) is 48.2 Å². The van der Waals surface area contributed by atoms with Gasteiger partial charge in [-0.1, -0.05) is 75.4 Å². The van der Waals surface area contributed by atoms with Gasteiger partial charge in [0.2, 0.25) is 0 Å². The predicted molar refractivity (Wildman–Crippen MR) is 149 cm³/mol. The van der Waals surface area contributed by atoms with Crippen molar-refractivity contribution in [1.29, 1.82) is 0 Å². The maximum Gasteiger partial charge on any atom is 0.326 e.